The van der Waals surface area contributed by atoms with Crippen molar-refractivity contribution >= 4 is 32.4 Å². The third kappa shape index (κ3) is 4.58. The minimum Gasteiger partial charge on any atom is -0.387 e. The molecule has 0 saturated carbocycles. The normalized spacial score (nSPS) is 13.0. The molecule has 0 amide bonds. The van der Waals surface area contributed by atoms with E-state index in [1.54, 1.807) is 30.3 Å². The van der Waals surface area contributed by atoms with Gasteiger partial charge in [-0.2, -0.15) is 0 Å². The van der Waals surface area contributed by atoms with Gasteiger partial charge in [-0.25, -0.2) is 13.1 Å². The maximum atomic E-state index is 12.2. The first-order valence-corrected chi connectivity index (χ1v) is 9.85. The van der Waals surface area contributed by atoms with E-state index in [2.05, 4.69) is 4.72 Å². The second-order valence-corrected chi connectivity index (χ2v) is 8.06. The molecule has 0 aromatic heterocycles. The van der Waals surface area contributed by atoms with Gasteiger partial charge >= 0.3 is 0 Å². The molecule has 25 heavy (non-hydrogen) atoms. The van der Waals surface area contributed by atoms with Gasteiger partial charge in [0.1, 0.15) is 0 Å². The van der Waals surface area contributed by atoms with E-state index in [-0.39, 0.29) is 12.3 Å². The molecule has 130 valence electrons. The predicted octanol–water partition coefficient (Wildman–Crippen LogP) is 3.65. The van der Waals surface area contributed by atoms with Gasteiger partial charge in [0.2, 0.25) is 10.0 Å². The Kier molecular flexibility index (Phi) is 5.39. The summed E-state index contributed by atoms with van der Waals surface area (Å²) in [4.78, 5) is 0. The first kappa shape index (κ1) is 17.9. The molecule has 2 N–H and O–H groups in total. The van der Waals surface area contributed by atoms with Gasteiger partial charge in [-0.3, -0.25) is 0 Å². The molecule has 3 aromatic carbocycles. The number of aliphatic hydroxyl groups is 1. The largest absolute Gasteiger partial charge is 0.387 e. The molecule has 0 heterocycles. The fourth-order valence-electron chi connectivity index (χ4n) is 2.75. The highest BCUT2D eigenvalue weighted by molar-refractivity contribution is 7.88. The van der Waals surface area contributed by atoms with Gasteiger partial charge in [0.15, 0.2) is 0 Å². The average molecular weight is 376 g/mol. The van der Waals surface area contributed by atoms with Crippen LogP contribution in [-0.2, 0) is 15.8 Å². The van der Waals surface area contributed by atoms with Crippen LogP contribution in [-0.4, -0.2) is 20.1 Å². The summed E-state index contributed by atoms with van der Waals surface area (Å²) in [6, 6.07) is 20.0. The third-order valence-corrected chi connectivity index (χ3v) is 5.48. The number of sulfonamides is 1. The van der Waals surface area contributed by atoms with Gasteiger partial charge < -0.3 is 5.11 Å². The lowest BCUT2D eigenvalue weighted by Gasteiger charge is -2.15. The van der Waals surface area contributed by atoms with Gasteiger partial charge in [0, 0.05) is 11.6 Å². The Balaban J connectivity index is 1.71. The molecule has 6 heteroatoms. The maximum absolute atomic E-state index is 12.2. The van der Waals surface area contributed by atoms with Gasteiger partial charge in [0.05, 0.1) is 11.9 Å². The molecule has 0 fully saturated rings. The van der Waals surface area contributed by atoms with Crippen molar-refractivity contribution < 1.29 is 13.5 Å². The Labute approximate surface area is 152 Å². The molecule has 3 aromatic rings. The number of halogens is 1. The molecule has 3 rings (SSSR count). The smallest absolute Gasteiger partial charge is 0.215 e. The Morgan fingerprint density at radius 1 is 1.00 bits per heavy atom. The molecule has 0 saturated heterocycles. The number of fused-ring (bicyclic) bond motifs is 1. The maximum Gasteiger partial charge on any atom is 0.215 e. The van der Waals surface area contributed by atoms with E-state index < -0.39 is 16.1 Å². The number of hydrogen-bond donors (Lipinski definition) is 2. The lowest BCUT2D eigenvalue weighted by Crippen LogP contribution is -2.29. The van der Waals surface area contributed by atoms with Crippen LogP contribution in [0.2, 0.25) is 5.02 Å². The van der Waals surface area contributed by atoms with Crippen molar-refractivity contribution in [1.29, 1.82) is 0 Å². The highest BCUT2D eigenvalue weighted by Crippen LogP contribution is 2.24. The molecule has 0 aliphatic rings. The van der Waals surface area contributed by atoms with Crippen LogP contribution >= 0.6 is 11.6 Å². The number of rotatable bonds is 6. The minimum atomic E-state index is -3.58. The van der Waals surface area contributed by atoms with Gasteiger partial charge in [-0.1, -0.05) is 66.2 Å². The molecular weight excluding hydrogens is 358 g/mol. The van der Waals surface area contributed by atoms with E-state index in [1.165, 1.54) is 0 Å². The standard InChI is InChI=1S/C19H18ClNO3S/c20-16-8-3-5-14(11-16)13-25(23,24)21-12-19(22)18-10-4-7-15-6-1-2-9-17(15)18/h1-11,19,21-22H,12-13H2. The van der Waals surface area contributed by atoms with Crippen LogP contribution in [0.4, 0.5) is 0 Å². The molecular formula is C19H18ClNO3S. The summed E-state index contributed by atoms with van der Waals surface area (Å²) < 4.78 is 27.0. The van der Waals surface area contributed by atoms with Gasteiger partial charge in [0.25, 0.3) is 0 Å². The lowest BCUT2D eigenvalue weighted by atomic mass is 10.0. The van der Waals surface area contributed by atoms with Crippen LogP contribution in [0.5, 0.6) is 0 Å². The summed E-state index contributed by atoms with van der Waals surface area (Å²) in [5, 5.41) is 12.8. The van der Waals surface area contributed by atoms with Crippen LogP contribution in [0.3, 0.4) is 0 Å². The van der Waals surface area contributed by atoms with E-state index in [1.807, 2.05) is 36.4 Å². The number of aliphatic hydroxyl groups excluding tert-OH is 1. The summed E-state index contributed by atoms with van der Waals surface area (Å²) in [5.41, 5.74) is 1.29. The van der Waals surface area contributed by atoms with E-state index in [9.17, 15) is 13.5 Å². The van der Waals surface area contributed by atoms with Gasteiger partial charge in [-0.05, 0) is 34.0 Å². The third-order valence-electron chi connectivity index (χ3n) is 3.92. The minimum absolute atomic E-state index is 0.0864. The van der Waals surface area contributed by atoms with Crippen molar-refractivity contribution in [1.82, 2.24) is 4.72 Å². The predicted molar refractivity (Wildman–Crippen MR) is 101 cm³/mol. The second kappa shape index (κ2) is 7.54. The van der Waals surface area contributed by atoms with Crippen LogP contribution < -0.4 is 4.72 Å². The fraction of sp³-hybridized carbons (Fsp3) is 0.158. The Morgan fingerprint density at radius 3 is 2.52 bits per heavy atom. The molecule has 0 aliphatic carbocycles. The van der Waals surface area contributed by atoms with Crippen LogP contribution in [0.25, 0.3) is 10.8 Å². The summed E-state index contributed by atoms with van der Waals surface area (Å²) in [7, 11) is -3.58. The highest BCUT2D eigenvalue weighted by Gasteiger charge is 2.16. The topological polar surface area (TPSA) is 66.4 Å². The van der Waals surface area contributed by atoms with Crippen LogP contribution in [0.1, 0.15) is 17.2 Å². The summed E-state index contributed by atoms with van der Waals surface area (Å²) in [5.74, 6) is -0.185. The fourth-order valence-corrected chi connectivity index (χ4v) is 4.10. The van der Waals surface area contributed by atoms with E-state index in [0.717, 1.165) is 10.8 Å². The second-order valence-electron chi connectivity index (χ2n) is 5.82. The molecule has 1 atom stereocenters. The highest BCUT2D eigenvalue weighted by atomic mass is 35.5. The Bertz CT molecular complexity index is 983. The number of nitrogens with one attached hydrogen (secondary N) is 1. The average Bonchev–Trinajstić information content (AvgIpc) is 2.59. The molecule has 0 bridgehead atoms. The van der Waals surface area contributed by atoms with Crippen LogP contribution in [0, 0.1) is 0 Å². The number of hydrogen-bond acceptors (Lipinski definition) is 3. The van der Waals surface area contributed by atoms with Crippen molar-refractivity contribution in [3.05, 3.63) is 82.9 Å². The molecule has 0 aliphatic heterocycles. The van der Waals surface area contributed by atoms with E-state index in [4.69, 9.17) is 11.6 Å². The van der Waals surface area contributed by atoms with Crippen molar-refractivity contribution in [2.24, 2.45) is 0 Å². The summed E-state index contributed by atoms with van der Waals surface area (Å²) in [6.45, 7) is -0.0864. The summed E-state index contributed by atoms with van der Waals surface area (Å²) in [6.07, 6.45) is -0.930. The van der Waals surface area contributed by atoms with Crippen LogP contribution in [0.15, 0.2) is 66.7 Å². The van der Waals surface area contributed by atoms with E-state index in [0.29, 0.717) is 16.1 Å². The van der Waals surface area contributed by atoms with Crippen molar-refractivity contribution in [3.8, 4) is 0 Å². The first-order chi connectivity index (χ1) is 11.9. The molecule has 0 radical (unpaired) electrons. The Hall–Kier alpha value is -1.92. The van der Waals surface area contributed by atoms with Crippen molar-refractivity contribution in [2.45, 2.75) is 11.9 Å². The van der Waals surface area contributed by atoms with Crippen molar-refractivity contribution in [2.75, 3.05) is 6.54 Å². The number of benzene rings is 3. The zero-order chi connectivity index (χ0) is 17.9. The molecule has 0 spiro atoms. The molecule has 4 nitrogen and oxygen atoms in total. The SMILES string of the molecule is O=S(=O)(Cc1cccc(Cl)c1)NCC(O)c1cccc2ccccc12. The Morgan fingerprint density at radius 2 is 1.72 bits per heavy atom. The van der Waals surface area contributed by atoms with Gasteiger partial charge in [-0.15, -0.1) is 0 Å². The zero-order valence-electron chi connectivity index (χ0n) is 13.4. The molecule has 1 unspecified atom stereocenters. The first-order valence-electron chi connectivity index (χ1n) is 7.82. The van der Waals surface area contributed by atoms with E-state index >= 15 is 0 Å². The lowest BCUT2D eigenvalue weighted by molar-refractivity contribution is 0.183. The zero-order valence-corrected chi connectivity index (χ0v) is 15.0. The summed E-state index contributed by atoms with van der Waals surface area (Å²) >= 11 is 5.88. The quantitative estimate of drug-likeness (QED) is 0.691. The van der Waals surface area contributed by atoms with Crippen molar-refractivity contribution in [3.63, 3.8) is 0 Å². The monoisotopic (exact) mass is 375 g/mol.